The normalized spacial score (nSPS) is 21.9. The number of unbranched alkanes of at least 4 members (excludes halogenated alkanes) is 7. The number of nitrogens with one attached hydrogen (secondary N) is 1. The van der Waals surface area contributed by atoms with Crippen LogP contribution in [0.25, 0.3) is 0 Å². The molecule has 0 aromatic heterocycles. The molecule has 2 saturated carbocycles. The van der Waals surface area contributed by atoms with Crippen LogP contribution in [0.1, 0.15) is 97.3 Å². The zero-order chi connectivity index (χ0) is 14.3. The third kappa shape index (κ3) is 6.16. The lowest BCUT2D eigenvalue weighted by Gasteiger charge is -2.30. The molecule has 0 spiro atoms. The van der Waals surface area contributed by atoms with Gasteiger partial charge >= 0.3 is 0 Å². The summed E-state index contributed by atoms with van der Waals surface area (Å²) >= 11 is 0. The van der Waals surface area contributed by atoms with Crippen molar-refractivity contribution in [3.63, 3.8) is 0 Å². The Morgan fingerprint density at radius 1 is 0.850 bits per heavy atom. The molecule has 0 bridgehead atoms. The molecule has 118 valence electrons. The van der Waals surface area contributed by atoms with Crippen molar-refractivity contribution in [2.75, 3.05) is 6.54 Å². The van der Waals surface area contributed by atoms with Gasteiger partial charge in [0.1, 0.15) is 0 Å². The highest BCUT2D eigenvalue weighted by atomic mass is 15.0. The SMILES string of the molecule is CCCCCCCCCCC(C)(CNC1CC1)C1CC1. The lowest BCUT2D eigenvalue weighted by atomic mass is 9.79. The Morgan fingerprint density at radius 3 is 2.00 bits per heavy atom. The molecule has 20 heavy (non-hydrogen) atoms. The first-order chi connectivity index (χ1) is 9.74. The van der Waals surface area contributed by atoms with E-state index in [1.54, 1.807) is 0 Å². The molecule has 0 saturated heterocycles. The predicted molar refractivity (Wildman–Crippen MR) is 89.1 cm³/mol. The first kappa shape index (κ1) is 16.3. The fourth-order valence-electron chi connectivity index (χ4n) is 3.54. The van der Waals surface area contributed by atoms with E-state index in [0.717, 1.165) is 12.0 Å². The standard InChI is InChI=1S/C19H37N/c1-3-4-5-6-7-8-9-10-15-19(2,17-11-12-17)16-20-18-13-14-18/h17-18,20H,3-16H2,1-2H3. The third-order valence-corrected chi connectivity index (χ3v) is 5.54. The van der Waals surface area contributed by atoms with Gasteiger partial charge < -0.3 is 5.32 Å². The number of rotatable bonds is 13. The molecular formula is C19H37N. The molecular weight excluding hydrogens is 242 g/mol. The molecule has 1 heteroatoms. The minimum absolute atomic E-state index is 0.616. The van der Waals surface area contributed by atoms with Gasteiger partial charge in [0.25, 0.3) is 0 Å². The Morgan fingerprint density at radius 2 is 1.45 bits per heavy atom. The highest BCUT2D eigenvalue weighted by Crippen LogP contribution is 2.48. The van der Waals surface area contributed by atoms with E-state index in [0.29, 0.717) is 5.41 Å². The molecule has 2 rings (SSSR count). The zero-order valence-corrected chi connectivity index (χ0v) is 14.1. The summed E-state index contributed by atoms with van der Waals surface area (Å²) in [4.78, 5) is 0. The van der Waals surface area contributed by atoms with E-state index in [4.69, 9.17) is 0 Å². The predicted octanol–water partition coefficient (Wildman–Crippen LogP) is 5.69. The first-order valence-electron chi connectivity index (χ1n) is 9.48. The summed E-state index contributed by atoms with van der Waals surface area (Å²) in [5, 5.41) is 3.79. The average Bonchev–Trinajstić information content (AvgIpc) is 3.31. The molecule has 1 unspecified atom stereocenters. The molecule has 2 fully saturated rings. The summed E-state index contributed by atoms with van der Waals surface area (Å²) in [6.07, 6.45) is 18.9. The van der Waals surface area contributed by atoms with Crippen LogP contribution in [0.5, 0.6) is 0 Å². The molecule has 1 N–H and O–H groups in total. The number of hydrogen-bond acceptors (Lipinski definition) is 1. The topological polar surface area (TPSA) is 12.0 Å². The second-order valence-corrected chi connectivity index (χ2v) is 7.81. The fourth-order valence-corrected chi connectivity index (χ4v) is 3.54. The Bertz CT molecular complexity index is 254. The number of hydrogen-bond donors (Lipinski definition) is 1. The van der Waals surface area contributed by atoms with Gasteiger partial charge in [-0.15, -0.1) is 0 Å². The van der Waals surface area contributed by atoms with E-state index < -0.39 is 0 Å². The molecule has 0 amide bonds. The summed E-state index contributed by atoms with van der Waals surface area (Å²) in [6.45, 7) is 6.15. The zero-order valence-electron chi connectivity index (χ0n) is 14.1. The highest BCUT2D eigenvalue weighted by molar-refractivity contribution is 4.94. The molecule has 0 aliphatic heterocycles. The van der Waals surface area contributed by atoms with Gasteiger partial charge in [-0.05, 0) is 43.4 Å². The van der Waals surface area contributed by atoms with Crippen molar-refractivity contribution in [1.82, 2.24) is 5.32 Å². The Balaban J connectivity index is 1.50. The van der Waals surface area contributed by atoms with Gasteiger partial charge in [-0.3, -0.25) is 0 Å². The van der Waals surface area contributed by atoms with E-state index >= 15 is 0 Å². The van der Waals surface area contributed by atoms with Crippen molar-refractivity contribution in [3.8, 4) is 0 Å². The van der Waals surface area contributed by atoms with Crippen LogP contribution in [0.3, 0.4) is 0 Å². The second kappa shape index (κ2) is 8.41. The van der Waals surface area contributed by atoms with Gasteiger partial charge in [0, 0.05) is 12.6 Å². The maximum atomic E-state index is 3.79. The Labute approximate surface area is 127 Å². The molecule has 2 aliphatic rings. The van der Waals surface area contributed by atoms with E-state index in [1.807, 2.05) is 0 Å². The monoisotopic (exact) mass is 279 g/mol. The lowest BCUT2D eigenvalue weighted by Crippen LogP contribution is -2.34. The fraction of sp³-hybridized carbons (Fsp3) is 1.00. The van der Waals surface area contributed by atoms with Crippen LogP contribution in [0.2, 0.25) is 0 Å². The molecule has 0 heterocycles. The second-order valence-electron chi connectivity index (χ2n) is 7.81. The van der Waals surface area contributed by atoms with Gasteiger partial charge in [-0.2, -0.15) is 0 Å². The minimum Gasteiger partial charge on any atom is -0.313 e. The smallest absolute Gasteiger partial charge is 0.00684 e. The van der Waals surface area contributed by atoms with Crippen LogP contribution < -0.4 is 5.32 Å². The highest BCUT2D eigenvalue weighted by Gasteiger charge is 2.41. The van der Waals surface area contributed by atoms with Gasteiger partial charge in [-0.1, -0.05) is 65.2 Å². The molecule has 0 radical (unpaired) electrons. The molecule has 1 nitrogen and oxygen atoms in total. The Hall–Kier alpha value is -0.0400. The van der Waals surface area contributed by atoms with E-state index in [9.17, 15) is 0 Å². The summed E-state index contributed by atoms with van der Waals surface area (Å²) in [5.41, 5.74) is 0.616. The van der Waals surface area contributed by atoms with E-state index in [1.165, 1.54) is 90.0 Å². The van der Waals surface area contributed by atoms with Gasteiger partial charge in [0.2, 0.25) is 0 Å². The van der Waals surface area contributed by atoms with Crippen molar-refractivity contribution in [2.45, 2.75) is 103 Å². The lowest BCUT2D eigenvalue weighted by molar-refractivity contribution is 0.227. The van der Waals surface area contributed by atoms with Crippen LogP contribution in [-0.2, 0) is 0 Å². The molecule has 2 aliphatic carbocycles. The average molecular weight is 280 g/mol. The quantitative estimate of drug-likeness (QED) is 0.427. The van der Waals surface area contributed by atoms with Crippen LogP contribution >= 0.6 is 0 Å². The first-order valence-corrected chi connectivity index (χ1v) is 9.48. The minimum atomic E-state index is 0.616. The maximum absolute atomic E-state index is 3.79. The van der Waals surface area contributed by atoms with Crippen LogP contribution in [0, 0.1) is 11.3 Å². The summed E-state index contributed by atoms with van der Waals surface area (Å²) in [5.74, 6) is 1.04. The van der Waals surface area contributed by atoms with Gasteiger partial charge in [-0.25, -0.2) is 0 Å². The molecule has 0 aromatic rings. The van der Waals surface area contributed by atoms with Crippen LogP contribution in [0.4, 0.5) is 0 Å². The van der Waals surface area contributed by atoms with E-state index in [-0.39, 0.29) is 0 Å². The van der Waals surface area contributed by atoms with Crippen molar-refractivity contribution in [1.29, 1.82) is 0 Å². The van der Waals surface area contributed by atoms with Crippen LogP contribution in [-0.4, -0.2) is 12.6 Å². The molecule has 1 atom stereocenters. The van der Waals surface area contributed by atoms with Gasteiger partial charge in [0.05, 0.1) is 0 Å². The van der Waals surface area contributed by atoms with Crippen LogP contribution in [0.15, 0.2) is 0 Å². The van der Waals surface area contributed by atoms with Crippen molar-refractivity contribution in [2.24, 2.45) is 11.3 Å². The Kier molecular flexibility index (Phi) is 6.87. The van der Waals surface area contributed by atoms with Gasteiger partial charge in [0.15, 0.2) is 0 Å². The summed E-state index contributed by atoms with van der Waals surface area (Å²) in [7, 11) is 0. The van der Waals surface area contributed by atoms with E-state index in [2.05, 4.69) is 19.2 Å². The summed E-state index contributed by atoms with van der Waals surface area (Å²) in [6, 6.07) is 0.881. The summed E-state index contributed by atoms with van der Waals surface area (Å²) < 4.78 is 0. The third-order valence-electron chi connectivity index (χ3n) is 5.54. The van der Waals surface area contributed by atoms with Crippen molar-refractivity contribution in [3.05, 3.63) is 0 Å². The maximum Gasteiger partial charge on any atom is 0.00684 e. The van der Waals surface area contributed by atoms with Crippen molar-refractivity contribution < 1.29 is 0 Å². The molecule has 0 aromatic carbocycles. The largest absolute Gasteiger partial charge is 0.313 e. The van der Waals surface area contributed by atoms with Crippen molar-refractivity contribution >= 4 is 0 Å².